The number of ether oxygens (including phenoxy) is 3. The Hall–Kier alpha value is -1.99. The van der Waals surface area contributed by atoms with Crippen molar-refractivity contribution in [3.8, 4) is 0 Å². The summed E-state index contributed by atoms with van der Waals surface area (Å²) < 4.78 is 24.0. The van der Waals surface area contributed by atoms with Gasteiger partial charge in [-0.3, -0.25) is 4.79 Å². The van der Waals surface area contributed by atoms with Gasteiger partial charge in [-0.2, -0.15) is 0 Å². The molecule has 0 aliphatic carbocycles. The van der Waals surface area contributed by atoms with E-state index in [4.69, 9.17) is 18.6 Å². The molecule has 0 spiro atoms. The SMILES string of the molecule is CCCCOCO[C@H](CO[Si](c1ccccc1)(c1ccccc1)C(C)(C)C)[C@@H](C)[C@H](C)C(=O)OC. The number of carbonyl (C=O) groups excluding carboxylic acids is 1. The van der Waals surface area contributed by atoms with E-state index in [-0.39, 0.29) is 35.7 Å². The molecule has 35 heavy (non-hydrogen) atoms. The first-order valence-corrected chi connectivity index (χ1v) is 14.6. The van der Waals surface area contributed by atoms with Gasteiger partial charge in [-0.1, -0.05) is 109 Å². The fourth-order valence-electron chi connectivity index (χ4n) is 4.48. The first kappa shape index (κ1) is 29.2. The van der Waals surface area contributed by atoms with E-state index < -0.39 is 8.32 Å². The van der Waals surface area contributed by atoms with Crippen LogP contribution in [-0.4, -0.2) is 47.5 Å². The van der Waals surface area contributed by atoms with Crippen molar-refractivity contribution in [1.82, 2.24) is 0 Å². The molecule has 0 aliphatic heterocycles. The second kappa shape index (κ2) is 13.9. The van der Waals surface area contributed by atoms with Crippen molar-refractivity contribution >= 4 is 24.7 Å². The number of esters is 1. The normalized spacial score (nSPS) is 14.8. The van der Waals surface area contributed by atoms with Gasteiger partial charge in [0, 0.05) is 6.61 Å². The maximum atomic E-state index is 12.3. The molecule has 0 radical (unpaired) electrons. The third kappa shape index (κ3) is 7.50. The zero-order valence-electron chi connectivity index (χ0n) is 22.6. The van der Waals surface area contributed by atoms with Crippen molar-refractivity contribution in [2.45, 2.75) is 65.5 Å². The fourth-order valence-corrected chi connectivity index (χ4v) is 9.05. The van der Waals surface area contributed by atoms with Gasteiger partial charge in [-0.05, 0) is 27.8 Å². The topological polar surface area (TPSA) is 54.0 Å². The average Bonchev–Trinajstić information content (AvgIpc) is 2.86. The fraction of sp³-hybridized carbons (Fsp3) is 0.552. The van der Waals surface area contributed by atoms with E-state index in [1.165, 1.54) is 17.5 Å². The van der Waals surface area contributed by atoms with Crippen molar-refractivity contribution in [3.05, 3.63) is 60.7 Å². The molecule has 2 aromatic rings. The number of rotatable bonds is 14. The number of unbranched alkanes of at least 4 members (excludes halogenated alkanes) is 1. The van der Waals surface area contributed by atoms with Crippen LogP contribution in [0.2, 0.25) is 5.04 Å². The Morgan fingerprint density at radius 2 is 1.49 bits per heavy atom. The molecule has 0 saturated heterocycles. The van der Waals surface area contributed by atoms with E-state index in [0.717, 1.165) is 12.8 Å². The van der Waals surface area contributed by atoms with Crippen LogP contribution >= 0.6 is 0 Å². The Kier molecular flexibility index (Phi) is 11.6. The molecule has 0 heterocycles. The number of benzene rings is 2. The molecule has 3 atom stereocenters. The van der Waals surface area contributed by atoms with E-state index in [9.17, 15) is 4.79 Å². The lowest BCUT2D eigenvalue weighted by Gasteiger charge is -2.44. The summed E-state index contributed by atoms with van der Waals surface area (Å²) in [6.07, 6.45) is 1.73. The molecule has 194 valence electrons. The molecular weight excluding hydrogens is 456 g/mol. The lowest BCUT2D eigenvalue weighted by molar-refractivity contribution is -0.154. The Morgan fingerprint density at radius 3 is 1.94 bits per heavy atom. The summed E-state index contributed by atoms with van der Waals surface area (Å²) in [5.41, 5.74) is 0. The Balaban J connectivity index is 2.41. The summed E-state index contributed by atoms with van der Waals surface area (Å²) in [7, 11) is -1.30. The molecule has 2 rings (SSSR count). The third-order valence-electron chi connectivity index (χ3n) is 6.84. The first-order valence-electron chi connectivity index (χ1n) is 12.7. The lowest BCUT2D eigenvalue weighted by atomic mass is 9.91. The molecule has 0 fully saturated rings. The molecule has 5 nitrogen and oxygen atoms in total. The van der Waals surface area contributed by atoms with Gasteiger partial charge in [0.2, 0.25) is 0 Å². The van der Waals surface area contributed by atoms with Crippen LogP contribution in [-0.2, 0) is 23.4 Å². The Bertz CT molecular complexity index is 826. The van der Waals surface area contributed by atoms with Crippen molar-refractivity contribution in [3.63, 3.8) is 0 Å². The maximum Gasteiger partial charge on any atom is 0.308 e. The van der Waals surface area contributed by atoms with Gasteiger partial charge in [0.1, 0.15) is 6.79 Å². The van der Waals surface area contributed by atoms with Gasteiger partial charge in [0.15, 0.2) is 0 Å². The summed E-state index contributed by atoms with van der Waals surface area (Å²) in [6, 6.07) is 21.1. The van der Waals surface area contributed by atoms with Gasteiger partial charge in [0.25, 0.3) is 8.32 Å². The minimum absolute atomic E-state index is 0.115. The molecule has 0 N–H and O–H groups in total. The highest BCUT2D eigenvalue weighted by Crippen LogP contribution is 2.37. The lowest BCUT2D eigenvalue weighted by Crippen LogP contribution is -2.67. The molecule has 0 amide bonds. The standard InChI is InChI=1S/C29H44O5Si/c1-8-9-20-32-22-33-27(23(2)24(3)28(30)31-7)21-34-35(29(4,5)6,25-16-12-10-13-17-25)26-18-14-11-15-19-26/h10-19,23-24,27H,8-9,20-22H2,1-7H3/t23-,24-,27+/m0/s1. The van der Waals surface area contributed by atoms with E-state index in [2.05, 4.69) is 76.2 Å². The van der Waals surface area contributed by atoms with Crippen LogP contribution in [0.4, 0.5) is 0 Å². The minimum Gasteiger partial charge on any atom is -0.469 e. The molecule has 0 aliphatic rings. The highest BCUT2D eigenvalue weighted by molar-refractivity contribution is 6.99. The van der Waals surface area contributed by atoms with Crippen molar-refractivity contribution in [2.24, 2.45) is 11.8 Å². The molecule has 0 aromatic heterocycles. The third-order valence-corrected chi connectivity index (χ3v) is 11.8. The van der Waals surface area contributed by atoms with Gasteiger partial charge in [-0.15, -0.1) is 0 Å². The minimum atomic E-state index is -2.73. The summed E-state index contributed by atoms with van der Waals surface area (Å²) in [4.78, 5) is 12.3. The first-order chi connectivity index (χ1) is 16.7. The van der Waals surface area contributed by atoms with Crippen molar-refractivity contribution in [2.75, 3.05) is 27.1 Å². The van der Waals surface area contributed by atoms with Gasteiger partial charge in [-0.25, -0.2) is 0 Å². The highest BCUT2D eigenvalue weighted by atomic mass is 28.4. The van der Waals surface area contributed by atoms with Crippen LogP contribution in [0, 0.1) is 11.8 Å². The number of carbonyl (C=O) groups is 1. The van der Waals surface area contributed by atoms with Gasteiger partial charge < -0.3 is 18.6 Å². The number of hydrogen-bond donors (Lipinski definition) is 0. The predicted molar refractivity (Wildman–Crippen MR) is 145 cm³/mol. The Labute approximate surface area is 213 Å². The summed E-state index contributed by atoms with van der Waals surface area (Å²) in [5.74, 6) is -0.692. The largest absolute Gasteiger partial charge is 0.469 e. The molecule has 0 unspecified atom stereocenters. The second-order valence-corrected chi connectivity index (χ2v) is 14.5. The molecule has 0 bridgehead atoms. The van der Waals surface area contributed by atoms with Gasteiger partial charge in [0.05, 0.1) is 25.7 Å². The molecule has 0 saturated carbocycles. The molecule has 2 aromatic carbocycles. The van der Waals surface area contributed by atoms with E-state index >= 15 is 0 Å². The summed E-state index contributed by atoms with van der Waals surface area (Å²) in [6.45, 7) is 14.0. The number of hydrogen-bond acceptors (Lipinski definition) is 5. The molecular formula is C29H44O5Si. The summed E-state index contributed by atoms with van der Waals surface area (Å²) >= 11 is 0. The van der Waals surface area contributed by atoms with E-state index in [0.29, 0.717) is 13.2 Å². The monoisotopic (exact) mass is 500 g/mol. The van der Waals surface area contributed by atoms with Crippen molar-refractivity contribution in [1.29, 1.82) is 0 Å². The zero-order valence-corrected chi connectivity index (χ0v) is 23.6. The van der Waals surface area contributed by atoms with Gasteiger partial charge >= 0.3 is 5.97 Å². The van der Waals surface area contributed by atoms with Crippen LogP contribution in [0.1, 0.15) is 54.4 Å². The van der Waals surface area contributed by atoms with Crippen LogP contribution in [0.15, 0.2) is 60.7 Å². The molecule has 6 heteroatoms. The average molecular weight is 501 g/mol. The van der Waals surface area contributed by atoms with Crippen LogP contribution in [0.25, 0.3) is 0 Å². The van der Waals surface area contributed by atoms with Crippen LogP contribution < -0.4 is 10.4 Å². The van der Waals surface area contributed by atoms with E-state index in [1.54, 1.807) is 0 Å². The maximum absolute atomic E-state index is 12.3. The van der Waals surface area contributed by atoms with Crippen LogP contribution in [0.3, 0.4) is 0 Å². The quantitative estimate of drug-likeness (QED) is 0.155. The zero-order chi connectivity index (χ0) is 25.9. The predicted octanol–water partition coefficient (Wildman–Crippen LogP) is 5.17. The van der Waals surface area contributed by atoms with Crippen LogP contribution in [0.5, 0.6) is 0 Å². The smallest absolute Gasteiger partial charge is 0.308 e. The number of methoxy groups -OCH3 is 1. The highest BCUT2D eigenvalue weighted by Gasteiger charge is 2.50. The Morgan fingerprint density at radius 1 is 0.943 bits per heavy atom. The van der Waals surface area contributed by atoms with Crippen molar-refractivity contribution < 1.29 is 23.4 Å². The summed E-state index contributed by atoms with van der Waals surface area (Å²) in [5, 5.41) is 2.28. The van der Waals surface area contributed by atoms with E-state index in [1.807, 2.05) is 26.0 Å². The second-order valence-electron chi connectivity index (χ2n) is 10.2.